The van der Waals surface area contributed by atoms with Crippen molar-refractivity contribution in [2.45, 2.75) is 70.5 Å². The predicted molar refractivity (Wildman–Crippen MR) is 179 cm³/mol. The van der Waals surface area contributed by atoms with Crippen LogP contribution in [0.25, 0.3) is 11.0 Å². The zero-order valence-electron chi connectivity index (χ0n) is 27.5. The summed E-state index contributed by atoms with van der Waals surface area (Å²) in [6.07, 6.45) is 4.86. The number of methoxy groups -OCH3 is 1. The lowest BCUT2D eigenvalue weighted by Gasteiger charge is -2.25. The number of aryl methyl sites for hydroxylation is 3. The molecule has 0 bridgehead atoms. The Labute approximate surface area is 279 Å². The maximum absolute atomic E-state index is 13.9. The number of nitrogens with one attached hydrogen (secondary N) is 1. The van der Waals surface area contributed by atoms with Crippen LogP contribution in [-0.4, -0.2) is 68.3 Å². The van der Waals surface area contributed by atoms with Crippen LogP contribution in [0.4, 0.5) is 5.69 Å². The van der Waals surface area contributed by atoms with Crippen LogP contribution < -0.4 is 14.8 Å². The Balaban J connectivity index is 1.38. The number of carbonyl (C=O) groups excluding carboxylic acids is 1. The van der Waals surface area contributed by atoms with Crippen LogP contribution in [0.15, 0.2) is 66.0 Å². The van der Waals surface area contributed by atoms with Crippen LogP contribution in [0.1, 0.15) is 60.4 Å². The first kappa shape index (κ1) is 33.0. The van der Waals surface area contributed by atoms with E-state index in [-0.39, 0.29) is 48.3 Å². The first-order chi connectivity index (χ1) is 23.1. The van der Waals surface area contributed by atoms with E-state index in [9.17, 15) is 13.2 Å². The molecule has 2 aromatic carbocycles. The van der Waals surface area contributed by atoms with E-state index in [2.05, 4.69) is 30.6 Å². The van der Waals surface area contributed by atoms with Gasteiger partial charge in [-0.05, 0) is 73.2 Å². The summed E-state index contributed by atoms with van der Waals surface area (Å²) in [4.78, 5) is 26.0. The Morgan fingerprint density at radius 2 is 1.90 bits per heavy atom. The standard InChI is InChI=1S/C34H38N8O5S/c1-6-26-20-41(48(44,45)30-9-8-14-35-33(30)47-26)19-24-15-23(11-10-21(24)3)28(16-31(43)38-25-17-36-34(46-5)37-18-25)27-12-13-29-32(22(27)4)39-40-42(29)7-2/h8-15,17-18,26,28H,6-7,16,19-20H2,1-5H3,(H,38,43)/t26-,28?/m1/s1. The molecule has 1 unspecified atom stereocenters. The summed E-state index contributed by atoms with van der Waals surface area (Å²) in [6, 6.07) is 13.3. The lowest BCUT2D eigenvalue weighted by molar-refractivity contribution is -0.116. The topological polar surface area (TPSA) is 154 Å². The summed E-state index contributed by atoms with van der Waals surface area (Å²) in [7, 11) is -2.44. The average molecular weight is 671 g/mol. The molecule has 1 aliphatic heterocycles. The molecule has 4 heterocycles. The number of carbonyl (C=O) groups is 1. The van der Waals surface area contributed by atoms with Gasteiger partial charge in [0.25, 0.3) is 0 Å². The van der Waals surface area contributed by atoms with E-state index in [1.807, 2.05) is 62.7 Å². The second kappa shape index (κ2) is 13.6. The fourth-order valence-electron chi connectivity index (χ4n) is 6.04. The minimum absolute atomic E-state index is 0.0517. The zero-order valence-corrected chi connectivity index (χ0v) is 28.4. The maximum atomic E-state index is 13.9. The molecule has 0 saturated carbocycles. The molecule has 250 valence electrons. The number of fused-ring (bicyclic) bond motifs is 2. The fraction of sp³-hybridized carbons (Fsp3) is 0.353. The van der Waals surface area contributed by atoms with Gasteiger partial charge in [-0.25, -0.2) is 28.1 Å². The molecule has 2 atom stereocenters. The molecular weight excluding hydrogens is 632 g/mol. The van der Waals surface area contributed by atoms with Gasteiger partial charge < -0.3 is 14.8 Å². The summed E-state index contributed by atoms with van der Waals surface area (Å²) < 4.78 is 42.2. The Kier molecular flexibility index (Phi) is 9.38. The third kappa shape index (κ3) is 6.45. The minimum Gasteiger partial charge on any atom is -0.472 e. The van der Waals surface area contributed by atoms with E-state index < -0.39 is 15.9 Å². The summed E-state index contributed by atoms with van der Waals surface area (Å²) in [5, 5.41) is 11.7. The summed E-state index contributed by atoms with van der Waals surface area (Å²) >= 11 is 0. The fourth-order valence-corrected chi connectivity index (χ4v) is 7.56. The molecule has 3 aromatic heterocycles. The first-order valence-electron chi connectivity index (χ1n) is 15.8. The van der Waals surface area contributed by atoms with E-state index >= 15 is 0 Å². The largest absolute Gasteiger partial charge is 0.472 e. The Morgan fingerprint density at radius 1 is 1.10 bits per heavy atom. The van der Waals surface area contributed by atoms with E-state index in [0.717, 1.165) is 38.9 Å². The lowest BCUT2D eigenvalue weighted by Crippen LogP contribution is -2.36. The molecule has 0 saturated heterocycles. The van der Waals surface area contributed by atoms with Gasteiger partial charge in [0, 0.05) is 31.6 Å². The predicted octanol–water partition coefficient (Wildman–Crippen LogP) is 4.78. The number of benzene rings is 2. The number of pyridine rings is 1. The molecular formula is C34H38N8O5S. The molecule has 13 nitrogen and oxygen atoms in total. The number of anilines is 1. The smallest absolute Gasteiger partial charge is 0.316 e. The van der Waals surface area contributed by atoms with Crippen molar-refractivity contribution in [1.29, 1.82) is 0 Å². The van der Waals surface area contributed by atoms with Gasteiger partial charge in [-0.1, -0.05) is 36.4 Å². The summed E-state index contributed by atoms with van der Waals surface area (Å²) in [5.74, 6) is -0.511. The molecule has 0 fully saturated rings. The molecule has 6 rings (SSSR count). The Bertz CT molecular complexity index is 2070. The van der Waals surface area contributed by atoms with Crippen LogP contribution in [0.2, 0.25) is 0 Å². The number of rotatable bonds is 10. The maximum Gasteiger partial charge on any atom is 0.316 e. The molecule has 48 heavy (non-hydrogen) atoms. The number of ether oxygens (including phenoxy) is 2. The van der Waals surface area contributed by atoms with Gasteiger partial charge in [-0.3, -0.25) is 4.79 Å². The van der Waals surface area contributed by atoms with E-state index in [1.165, 1.54) is 36.1 Å². The summed E-state index contributed by atoms with van der Waals surface area (Å²) in [5.41, 5.74) is 6.57. The van der Waals surface area contributed by atoms with Crippen molar-refractivity contribution >= 4 is 32.7 Å². The van der Waals surface area contributed by atoms with Crippen LogP contribution in [0.3, 0.4) is 0 Å². The van der Waals surface area contributed by atoms with Crippen molar-refractivity contribution in [1.82, 2.24) is 34.3 Å². The van der Waals surface area contributed by atoms with E-state index in [1.54, 1.807) is 6.07 Å². The minimum atomic E-state index is -3.91. The first-order valence-corrected chi connectivity index (χ1v) is 17.3. The van der Waals surface area contributed by atoms with Crippen molar-refractivity contribution in [2.75, 3.05) is 19.0 Å². The van der Waals surface area contributed by atoms with Crippen LogP contribution in [0.5, 0.6) is 11.9 Å². The van der Waals surface area contributed by atoms with Crippen molar-refractivity contribution in [3.8, 4) is 11.9 Å². The van der Waals surface area contributed by atoms with Gasteiger partial charge in [0.1, 0.15) is 16.5 Å². The summed E-state index contributed by atoms with van der Waals surface area (Å²) in [6.45, 7) is 8.90. The van der Waals surface area contributed by atoms with Gasteiger partial charge in [-0.2, -0.15) is 4.31 Å². The molecule has 0 spiro atoms. The van der Waals surface area contributed by atoms with Gasteiger partial charge >= 0.3 is 6.01 Å². The van der Waals surface area contributed by atoms with Crippen LogP contribution in [0, 0.1) is 13.8 Å². The molecule has 1 aliphatic rings. The van der Waals surface area contributed by atoms with Gasteiger partial charge in [-0.15, -0.1) is 5.10 Å². The number of hydrogen-bond acceptors (Lipinski definition) is 10. The normalized spacial score (nSPS) is 16.5. The van der Waals surface area contributed by atoms with Gasteiger partial charge in [0.2, 0.25) is 21.8 Å². The van der Waals surface area contributed by atoms with Crippen molar-refractivity contribution in [3.05, 3.63) is 88.9 Å². The zero-order chi connectivity index (χ0) is 34.0. The highest BCUT2D eigenvalue weighted by atomic mass is 32.2. The Hall–Kier alpha value is -4.95. The second-order valence-electron chi connectivity index (χ2n) is 11.8. The van der Waals surface area contributed by atoms with E-state index in [0.29, 0.717) is 18.7 Å². The molecule has 1 N–H and O–H groups in total. The number of sulfonamides is 1. The number of nitrogens with zero attached hydrogens (tertiary/aromatic N) is 7. The van der Waals surface area contributed by atoms with E-state index in [4.69, 9.17) is 9.47 Å². The quantitative estimate of drug-likeness (QED) is 0.219. The highest BCUT2D eigenvalue weighted by molar-refractivity contribution is 7.89. The number of amides is 1. The van der Waals surface area contributed by atoms with Gasteiger partial charge in [0.15, 0.2) is 0 Å². The van der Waals surface area contributed by atoms with Crippen LogP contribution in [-0.2, 0) is 27.9 Å². The molecule has 5 aromatic rings. The Morgan fingerprint density at radius 3 is 2.62 bits per heavy atom. The van der Waals surface area contributed by atoms with Crippen molar-refractivity contribution in [3.63, 3.8) is 0 Å². The SMILES string of the molecule is CC[C@@H]1CN(Cc2cc(C(CC(=O)Nc3cnc(OC)nc3)c3ccc4c(nnn4CC)c3C)ccc2C)S(=O)(=O)c2cccnc2O1. The average Bonchev–Trinajstić information content (AvgIpc) is 3.48. The molecule has 0 aliphatic carbocycles. The second-order valence-corrected chi connectivity index (χ2v) is 13.7. The molecule has 1 amide bonds. The molecule has 14 heteroatoms. The number of hydrogen-bond donors (Lipinski definition) is 1. The molecule has 0 radical (unpaired) electrons. The lowest BCUT2D eigenvalue weighted by atomic mass is 9.84. The monoisotopic (exact) mass is 670 g/mol. The third-order valence-corrected chi connectivity index (χ3v) is 10.6. The van der Waals surface area contributed by atoms with Crippen molar-refractivity contribution in [2.24, 2.45) is 0 Å². The third-order valence-electron chi connectivity index (χ3n) is 8.76. The van der Waals surface area contributed by atoms with Crippen molar-refractivity contribution < 1.29 is 22.7 Å². The van der Waals surface area contributed by atoms with Crippen LogP contribution >= 0.6 is 0 Å². The van der Waals surface area contributed by atoms with Gasteiger partial charge in [0.05, 0.1) is 37.3 Å². The highest BCUT2D eigenvalue weighted by Crippen LogP contribution is 2.36. The number of aromatic nitrogens is 6. The highest BCUT2D eigenvalue weighted by Gasteiger charge is 2.35.